The lowest BCUT2D eigenvalue weighted by atomic mass is 10.0. The molecule has 0 unspecified atom stereocenters. The molecule has 1 fully saturated rings. The molecule has 1 aromatic carbocycles. The zero-order chi connectivity index (χ0) is 13.6. The van der Waals surface area contributed by atoms with E-state index in [9.17, 15) is 9.18 Å². The third kappa shape index (κ3) is 2.14. The lowest BCUT2D eigenvalue weighted by Crippen LogP contribution is -1.94. The number of aromatic nitrogens is 1. The number of rotatable bonds is 3. The number of hydrogen-bond acceptors (Lipinski definition) is 1. The minimum absolute atomic E-state index is 0.296. The molecule has 4 heteroatoms. The van der Waals surface area contributed by atoms with Gasteiger partial charge in [0.1, 0.15) is 5.82 Å². The summed E-state index contributed by atoms with van der Waals surface area (Å²) >= 11 is 0. The number of carbonyl (C=O) groups is 1. The average molecular weight is 259 g/mol. The molecule has 0 aliphatic heterocycles. The van der Waals surface area contributed by atoms with E-state index < -0.39 is 5.97 Å². The van der Waals surface area contributed by atoms with Crippen molar-refractivity contribution < 1.29 is 14.3 Å². The summed E-state index contributed by atoms with van der Waals surface area (Å²) < 4.78 is 15.3. The summed E-state index contributed by atoms with van der Waals surface area (Å²) in [5.41, 5.74) is 2.55. The zero-order valence-electron chi connectivity index (χ0n) is 10.6. The van der Waals surface area contributed by atoms with Crippen LogP contribution in [0.25, 0.3) is 16.5 Å². The van der Waals surface area contributed by atoms with Crippen LogP contribution in [-0.4, -0.2) is 15.6 Å². The largest absolute Gasteiger partial charge is 0.478 e. The van der Waals surface area contributed by atoms with E-state index in [1.165, 1.54) is 18.2 Å². The van der Waals surface area contributed by atoms with E-state index in [1.54, 1.807) is 6.07 Å². The van der Waals surface area contributed by atoms with Crippen LogP contribution in [-0.2, 0) is 11.8 Å². The van der Waals surface area contributed by atoms with Gasteiger partial charge in [0.25, 0.3) is 0 Å². The monoisotopic (exact) mass is 259 g/mol. The summed E-state index contributed by atoms with van der Waals surface area (Å²) in [4.78, 5) is 11.0. The minimum Gasteiger partial charge on any atom is -0.478 e. The number of hydrogen-bond donors (Lipinski definition) is 1. The van der Waals surface area contributed by atoms with Crippen LogP contribution in [0.4, 0.5) is 4.39 Å². The van der Waals surface area contributed by atoms with Crippen molar-refractivity contribution in [1.29, 1.82) is 0 Å². The number of carboxylic acid groups (broad SMARTS) is 1. The van der Waals surface area contributed by atoms with Crippen molar-refractivity contribution in [2.75, 3.05) is 0 Å². The molecule has 3 nitrogen and oxygen atoms in total. The highest BCUT2D eigenvalue weighted by atomic mass is 19.1. The Morgan fingerprint density at radius 3 is 2.84 bits per heavy atom. The Kier molecular flexibility index (Phi) is 2.66. The molecule has 1 aromatic heterocycles. The summed E-state index contributed by atoms with van der Waals surface area (Å²) in [6.45, 7) is 0. The van der Waals surface area contributed by atoms with Gasteiger partial charge in [0.15, 0.2) is 0 Å². The number of benzene rings is 1. The van der Waals surface area contributed by atoms with Gasteiger partial charge in [-0.25, -0.2) is 9.18 Å². The Bertz CT molecular complexity index is 695. The minimum atomic E-state index is -0.949. The molecule has 0 bridgehead atoms. The van der Waals surface area contributed by atoms with Crippen LogP contribution in [0, 0.1) is 11.7 Å². The van der Waals surface area contributed by atoms with Gasteiger partial charge in [0, 0.05) is 35.8 Å². The maximum Gasteiger partial charge on any atom is 0.328 e. The van der Waals surface area contributed by atoms with Crippen LogP contribution in [0.2, 0.25) is 0 Å². The second-order valence-corrected chi connectivity index (χ2v) is 5.03. The first-order chi connectivity index (χ1) is 9.06. The van der Waals surface area contributed by atoms with E-state index in [2.05, 4.69) is 0 Å². The van der Waals surface area contributed by atoms with Gasteiger partial charge < -0.3 is 9.67 Å². The molecular formula is C15H14FNO2. The SMILES string of the molecule is Cn1cc(/C(=C/C(=O)O)C2CC2)c2cc(F)ccc21. The third-order valence-corrected chi connectivity index (χ3v) is 3.56. The Balaban J connectivity index is 2.23. The summed E-state index contributed by atoms with van der Waals surface area (Å²) in [5, 5.41) is 9.78. The van der Waals surface area contributed by atoms with Crippen LogP contribution < -0.4 is 0 Å². The van der Waals surface area contributed by atoms with E-state index in [0.29, 0.717) is 5.92 Å². The van der Waals surface area contributed by atoms with E-state index >= 15 is 0 Å². The smallest absolute Gasteiger partial charge is 0.328 e. The van der Waals surface area contributed by atoms with Crippen LogP contribution >= 0.6 is 0 Å². The van der Waals surface area contributed by atoms with Crippen molar-refractivity contribution in [2.45, 2.75) is 12.8 Å². The molecule has 3 rings (SSSR count). The van der Waals surface area contributed by atoms with Crippen molar-refractivity contribution in [1.82, 2.24) is 4.57 Å². The molecule has 2 aromatic rings. The molecule has 98 valence electrons. The van der Waals surface area contributed by atoms with Crippen molar-refractivity contribution in [3.05, 3.63) is 41.9 Å². The standard InChI is InChI=1S/C15H14FNO2/c1-17-8-13(11(7-15(18)19)9-2-3-9)12-6-10(16)4-5-14(12)17/h4-9H,2-3H2,1H3,(H,18,19)/b11-7+. The summed E-state index contributed by atoms with van der Waals surface area (Å²) in [6.07, 6.45) is 5.16. The first-order valence-corrected chi connectivity index (χ1v) is 6.25. The second-order valence-electron chi connectivity index (χ2n) is 5.03. The number of halogens is 1. The van der Waals surface area contributed by atoms with Gasteiger partial charge in [-0.1, -0.05) is 0 Å². The maximum atomic E-state index is 13.4. The molecule has 1 saturated carbocycles. The van der Waals surface area contributed by atoms with Gasteiger partial charge in [-0.2, -0.15) is 0 Å². The average Bonchev–Trinajstić information content (AvgIpc) is 3.12. The fourth-order valence-corrected chi connectivity index (χ4v) is 2.54. The maximum absolute atomic E-state index is 13.4. The van der Waals surface area contributed by atoms with Gasteiger partial charge in [-0.05, 0) is 42.5 Å². The Hall–Kier alpha value is -2.10. The molecule has 1 aliphatic rings. The quantitative estimate of drug-likeness (QED) is 0.860. The van der Waals surface area contributed by atoms with Crippen molar-refractivity contribution >= 4 is 22.4 Å². The highest BCUT2D eigenvalue weighted by molar-refractivity contribution is 5.99. The molecule has 0 radical (unpaired) electrons. The van der Waals surface area contributed by atoms with Crippen LogP contribution in [0.3, 0.4) is 0 Å². The Morgan fingerprint density at radius 2 is 2.21 bits per heavy atom. The molecule has 1 aliphatic carbocycles. The fourth-order valence-electron chi connectivity index (χ4n) is 2.54. The van der Waals surface area contributed by atoms with Gasteiger partial charge in [0.2, 0.25) is 0 Å². The molecule has 1 heterocycles. The number of allylic oxidation sites excluding steroid dienone is 1. The van der Waals surface area contributed by atoms with Crippen molar-refractivity contribution in [3.63, 3.8) is 0 Å². The second kappa shape index (κ2) is 4.23. The number of carboxylic acids is 1. The predicted molar refractivity (Wildman–Crippen MR) is 71.2 cm³/mol. The first-order valence-electron chi connectivity index (χ1n) is 6.25. The van der Waals surface area contributed by atoms with E-state index in [1.807, 2.05) is 17.8 Å². The Labute approximate surface area is 110 Å². The lowest BCUT2D eigenvalue weighted by Gasteiger charge is -2.03. The fraction of sp³-hybridized carbons (Fsp3) is 0.267. The van der Waals surface area contributed by atoms with Crippen LogP contribution in [0.1, 0.15) is 18.4 Å². The lowest BCUT2D eigenvalue weighted by molar-refractivity contribution is -0.131. The molecule has 0 spiro atoms. The van der Waals surface area contributed by atoms with Crippen molar-refractivity contribution in [2.24, 2.45) is 13.0 Å². The molecule has 0 saturated heterocycles. The topological polar surface area (TPSA) is 42.2 Å². The molecule has 0 atom stereocenters. The number of nitrogens with zero attached hydrogens (tertiary/aromatic N) is 1. The zero-order valence-corrected chi connectivity index (χ0v) is 10.6. The highest BCUT2D eigenvalue weighted by Gasteiger charge is 2.29. The van der Waals surface area contributed by atoms with Gasteiger partial charge in [-0.15, -0.1) is 0 Å². The van der Waals surface area contributed by atoms with Gasteiger partial charge in [-0.3, -0.25) is 0 Å². The van der Waals surface area contributed by atoms with Crippen molar-refractivity contribution in [3.8, 4) is 0 Å². The molecular weight excluding hydrogens is 245 g/mol. The predicted octanol–water partition coefficient (Wildman–Crippen LogP) is 3.20. The van der Waals surface area contributed by atoms with E-state index in [0.717, 1.165) is 34.9 Å². The first kappa shape index (κ1) is 12.0. The number of fused-ring (bicyclic) bond motifs is 1. The summed E-state index contributed by atoms with van der Waals surface area (Å²) in [7, 11) is 1.88. The number of aryl methyl sites for hydroxylation is 1. The molecule has 19 heavy (non-hydrogen) atoms. The summed E-state index contributed by atoms with van der Waals surface area (Å²) in [6, 6.07) is 4.62. The Morgan fingerprint density at radius 1 is 1.47 bits per heavy atom. The van der Waals surface area contributed by atoms with Gasteiger partial charge in [0.05, 0.1) is 0 Å². The van der Waals surface area contributed by atoms with E-state index in [-0.39, 0.29) is 5.82 Å². The molecule has 1 N–H and O–H groups in total. The van der Waals surface area contributed by atoms with Crippen LogP contribution in [0.15, 0.2) is 30.5 Å². The van der Waals surface area contributed by atoms with Crippen LogP contribution in [0.5, 0.6) is 0 Å². The summed E-state index contributed by atoms with van der Waals surface area (Å²) in [5.74, 6) is -0.953. The normalized spacial score (nSPS) is 16.0. The number of aliphatic carboxylic acids is 1. The highest BCUT2D eigenvalue weighted by Crippen LogP contribution is 2.44. The molecule has 0 amide bonds. The van der Waals surface area contributed by atoms with Gasteiger partial charge >= 0.3 is 5.97 Å². The third-order valence-electron chi connectivity index (χ3n) is 3.56. The van der Waals surface area contributed by atoms with E-state index in [4.69, 9.17) is 5.11 Å².